The molecule has 0 saturated carbocycles. The molecule has 1 unspecified atom stereocenters. The zero-order valence-corrected chi connectivity index (χ0v) is 14.7. The molecule has 110 valence electrons. The Morgan fingerprint density at radius 2 is 1.90 bits per heavy atom. The van der Waals surface area contributed by atoms with E-state index in [-0.39, 0.29) is 16.7 Å². The summed E-state index contributed by atoms with van der Waals surface area (Å²) in [5.41, 5.74) is 2.76. The van der Waals surface area contributed by atoms with Gasteiger partial charge in [-0.15, -0.1) is 0 Å². The molecule has 0 radical (unpaired) electrons. The van der Waals surface area contributed by atoms with E-state index < -0.39 is 0 Å². The van der Waals surface area contributed by atoms with Crippen LogP contribution >= 0.6 is 31.9 Å². The second kappa shape index (κ2) is 6.58. The van der Waals surface area contributed by atoms with Gasteiger partial charge in [0.25, 0.3) is 5.69 Å². The summed E-state index contributed by atoms with van der Waals surface area (Å²) in [4.78, 5) is 10.5. The van der Waals surface area contributed by atoms with Gasteiger partial charge in [-0.3, -0.25) is 10.1 Å². The number of nitrogens with zero attached hydrogens (tertiary/aromatic N) is 1. The molecule has 1 atom stereocenters. The Hall–Kier alpha value is -1.40. The van der Waals surface area contributed by atoms with E-state index >= 15 is 0 Å². The lowest BCUT2D eigenvalue weighted by Gasteiger charge is -2.17. The average Bonchev–Trinajstić information content (AvgIpc) is 2.37. The standard InChI is InChI=1S/C15H14Br2N2O2/c1-9-7-12(4-6-15(9)19(20)21)18-10(2)13-5-3-11(16)8-14(13)17/h3-8,10,18H,1-2H3. The zero-order valence-electron chi connectivity index (χ0n) is 11.6. The topological polar surface area (TPSA) is 55.2 Å². The van der Waals surface area contributed by atoms with E-state index in [0.717, 1.165) is 20.2 Å². The van der Waals surface area contributed by atoms with Gasteiger partial charge in [-0.2, -0.15) is 0 Å². The van der Waals surface area contributed by atoms with Crippen LogP contribution in [0.2, 0.25) is 0 Å². The normalized spacial score (nSPS) is 12.0. The van der Waals surface area contributed by atoms with Crippen LogP contribution in [0, 0.1) is 17.0 Å². The average molecular weight is 414 g/mol. The van der Waals surface area contributed by atoms with Crippen molar-refractivity contribution in [2.24, 2.45) is 0 Å². The van der Waals surface area contributed by atoms with Crippen molar-refractivity contribution in [3.8, 4) is 0 Å². The first-order valence-corrected chi connectivity index (χ1v) is 7.93. The van der Waals surface area contributed by atoms with Crippen LogP contribution in [0.4, 0.5) is 11.4 Å². The Balaban J connectivity index is 2.21. The van der Waals surface area contributed by atoms with Crippen LogP contribution in [0.1, 0.15) is 24.1 Å². The van der Waals surface area contributed by atoms with Gasteiger partial charge in [0, 0.05) is 32.3 Å². The third-order valence-electron chi connectivity index (χ3n) is 3.21. The van der Waals surface area contributed by atoms with Crippen LogP contribution in [-0.2, 0) is 0 Å². The van der Waals surface area contributed by atoms with E-state index in [2.05, 4.69) is 37.2 Å². The number of halogens is 2. The zero-order chi connectivity index (χ0) is 15.6. The number of anilines is 1. The van der Waals surface area contributed by atoms with Crippen LogP contribution in [0.3, 0.4) is 0 Å². The van der Waals surface area contributed by atoms with E-state index in [1.807, 2.05) is 25.1 Å². The van der Waals surface area contributed by atoms with Crippen LogP contribution in [0.15, 0.2) is 45.3 Å². The lowest BCUT2D eigenvalue weighted by atomic mass is 10.1. The largest absolute Gasteiger partial charge is 0.378 e. The number of hydrogen-bond donors (Lipinski definition) is 1. The molecular weight excluding hydrogens is 400 g/mol. The van der Waals surface area contributed by atoms with Crippen LogP contribution in [0.5, 0.6) is 0 Å². The minimum Gasteiger partial charge on any atom is -0.378 e. The summed E-state index contributed by atoms with van der Waals surface area (Å²) in [5, 5.41) is 14.2. The molecule has 0 fully saturated rings. The SMILES string of the molecule is Cc1cc(NC(C)c2ccc(Br)cc2Br)ccc1[N+](=O)[O-]. The summed E-state index contributed by atoms with van der Waals surface area (Å²) < 4.78 is 2.02. The highest BCUT2D eigenvalue weighted by atomic mass is 79.9. The summed E-state index contributed by atoms with van der Waals surface area (Å²) in [6, 6.07) is 11.1. The molecule has 4 nitrogen and oxygen atoms in total. The smallest absolute Gasteiger partial charge is 0.272 e. The van der Waals surface area contributed by atoms with Gasteiger partial charge in [0.15, 0.2) is 0 Å². The van der Waals surface area contributed by atoms with E-state index in [0.29, 0.717) is 5.56 Å². The molecule has 1 N–H and O–H groups in total. The van der Waals surface area contributed by atoms with Crippen molar-refractivity contribution < 1.29 is 4.92 Å². The predicted molar refractivity (Wildman–Crippen MR) is 91.7 cm³/mol. The van der Waals surface area contributed by atoms with E-state index in [1.54, 1.807) is 19.1 Å². The van der Waals surface area contributed by atoms with Gasteiger partial charge in [-0.05, 0) is 43.7 Å². The number of nitrogens with one attached hydrogen (secondary N) is 1. The molecule has 2 aromatic rings. The van der Waals surface area contributed by atoms with Crippen molar-refractivity contribution in [1.29, 1.82) is 0 Å². The summed E-state index contributed by atoms with van der Waals surface area (Å²) in [5.74, 6) is 0. The number of nitro groups is 1. The molecule has 2 aromatic carbocycles. The molecule has 0 bridgehead atoms. The van der Waals surface area contributed by atoms with Gasteiger partial charge in [0.1, 0.15) is 0 Å². The lowest BCUT2D eigenvalue weighted by Crippen LogP contribution is -2.07. The molecule has 0 saturated heterocycles. The van der Waals surface area contributed by atoms with Crippen molar-refractivity contribution in [2.45, 2.75) is 19.9 Å². The highest BCUT2D eigenvalue weighted by Gasteiger charge is 2.13. The Bertz CT molecular complexity index is 689. The Morgan fingerprint density at radius 1 is 1.19 bits per heavy atom. The Labute approximate surface area is 140 Å². The molecule has 0 heterocycles. The number of benzene rings is 2. The van der Waals surface area contributed by atoms with Gasteiger partial charge < -0.3 is 5.32 Å². The fourth-order valence-corrected chi connectivity index (χ4v) is 3.52. The van der Waals surface area contributed by atoms with Gasteiger partial charge in [0.05, 0.1) is 4.92 Å². The third kappa shape index (κ3) is 3.83. The number of nitro benzene ring substituents is 1. The fraction of sp³-hybridized carbons (Fsp3) is 0.200. The summed E-state index contributed by atoms with van der Waals surface area (Å²) in [7, 11) is 0. The van der Waals surface area contributed by atoms with E-state index in [4.69, 9.17) is 0 Å². The van der Waals surface area contributed by atoms with Crippen LogP contribution < -0.4 is 5.32 Å². The number of rotatable bonds is 4. The highest BCUT2D eigenvalue weighted by Crippen LogP contribution is 2.30. The van der Waals surface area contributed by atoms with Crippen molar-refractivity contribution in [3.63, 3.8) is 0 Å². The first-order chi connectivity index (χ1) is 9.88. The molecule has 0 aromatic heterocycles. The summed E-state index contributed by atoms with van der Waals surface area (Å²) in [6.07, 6.45) is 0. The first kappa shape index (κ1) is 16.0. The fourth-order valence-electron chi connectivity index (χ4n) is 2.13. The second-order valence-corrected chi connectivity index (χ2v) is 6.56. The Morgan fingerprint density at radius 3 is 2.48 bits per heavy atom. The third-order valence-corrected chi connectivity index (χ3v) is 4.39. The quantitative estimate of drug-likeness (QED) is 0.524. The summed E-state index contributed by atoms with van der Waals surface area (Å²) >= 11 is 6.98. The molecule has 0 amide bonds. The van der Waals surface area contributed by atoms with Crippen molar-refractivity contribution >= 4 is 43.2 Å². The van der Waals surface area contributed by atoms with Crippen molar-refractivity contribution in [1.82, 2.24) is 0 Å². The maximum Gasteiger partial charge on any atom is 0.272 e. The predicted octanol–water partition coefficient (Wildman–Crippen LogP) is 5.60. The monoisotopic (exact) mass is 412 g/mol. The number of aryl methyl sites for hydroxylation is 1. The minimum atomic E-state index is -0.367. The number of hydrogen-bond acceptors (Lipinski definition) is 3. The molecule has 6 heteroatoms. The minimum absolute atomic E-state index is 0.0772. The van der Waals surface area contributed by atoms with Crippen LogP contribution in [-0.4, -0.2) is 4.92 Å². The molecule has 21 heavy (non-hydrogen) atoms. The van der Waals surface area contributed by atoms with Gasteiger partial charge in [-0.1, -0.05) is 37.9 Å². The molecule has 0 aliphatic rings. The molecule has 0 aliphatic heterocycles. The van der Waals surface area contributed by atoms with Gasteiger partial charge in [0.2, 0.25) is 0 Å². The van der Waals surface area contributed by atoms with Gasteiger partial charge in [-0.25, -0.2) is 0 Å². The maximum atomic E-state index is 10.8. The van der Waals surface area contributed by atoms with Crippen molar-refractivity contribution in [2.75, 3.05) is 5.32 Å². The summed E-state index contributed by atoms with van der Waals surface area (Å²) in [6.45, 7) is 3.79. The molecule has 0 spiro atoms. The first-order valence-electron chi connectivity index (χ1n) is 6.35. The van der Waals surface area contributed by atoms with Crippen molar-refractivity contribution in [3.05, 3.63) is 66.6 Å². The molecule has 2 rings (SSSR count). The van der Waals surface area contributed by atoms with E-state index in [1.165, 1.54) is 6.07 Å². The lowest BCUT2D eigenvalue weighted by molar-refractivity contribution is -0.385. The molecular formula is C15H14Br2N2O2. The highest BCUT2D eigenvalue weighted by molar-refractivity contribution is 9.11. The van der Waals surface area contributed by atoms with E-state index in [9.17, 15) is 10.1 Å². The maximum absolute atomic E-state index is 10.8. The second-order valence-electron chi connectivity index (χ2n) is 4.79. The Kier molecular flexibility index (Phi) is 5.00. The molecule has 0 aliphatic carbocycles. The van der Waals surface area contributed by atoms with Crippen LogP contribution in [0.25, 0.3) is 0 Å². The van der Waals surface area contributed by atoms with Gasteiger partial charge >= 0.3 is 0 Å².